The van der Waals surface area contributed by atoms with E-state index in [1.54, 1.807) is 106 Å². The molecule has 28 nitrogen and oxygen atoms in total. The Balaban J connectivity index is 0.000000116. The van der Waals surface area contributed by atoms with Crippen LogP contribution in [0.25, 0.3) is 88.6 Å². The average molecular weight is 1680 g/mol. The van der Waals surface area contributed by atoms with Crippen LogP contribution in [0.2, 0.25) is 0 Å². The van der Waals surface area contributed by atoms with Gasteiger partial charge in [-0.2, -0.15) is 20.4 Å². The Bertz CT molecular complexity index is 6960. The first kappa shape index (κ1) is 80.7. The van der Waals surface area contributed by atoms with E-state index in [0.717, 1.165) is 124 Å². The normalized spacial score (nSPS) is 14.0. The number of carboxylic acid groups (broad SMARTS) is 1. The van der Waals surface area contributed by atoms with Gasteiger partial charge in [-0.05, 0) is 204 Å². The third kappa shape index (κ3) is 17.6. The Hall–Kier alpha value is -14.7. The van der Waals surface area contributed by atoms with Crippen molar-refractivity contribution in [2.45, 2.75) is 91.6 Å². The molecule has 30 heteroatoms. The Labute approximate surface area is 708 Å². The van der Waals surface area contributed by atoms with E-state index in [1.165, 1.54) is 42.5 Å². The number of hydrogen-bond acceptors (Lipinski definition) is 19. The maximum absolute atomic E-state index is 12.6. The van der Waals surface area contributed by atoms with Gasteiger partial charge in [-0.25, -0.2) is 55.5 Å². The molecule has 4 fully saturated rings. The molecule has 0 radical (unpaired) electrons. The van der Waals surface area contributed by atoms with Crippen LogP contribution in [-0.4, -0.2) is 98.8 Å². The molecule has 20 rings (SSSR count). The fourth-order valence-electron chi connectivity index (χ4n) is 15.3. The Kier molecular flexibility index (Phi) is 21.8. The molecule has 8 aromatic carbocycles. The number of pyridine rings is 4. The van der Waals surface area contributed by atoms with E-state index in [4.69, 9.17) is 37.9 Å². The maximum atomic E-state index is 12.6. The number of aliphatic carboxylic acids is 1. The minimum absolute atomic E-state index is 0.0345. The number of hydrogen-bond donors (Lipinski definition) is 9. The molecule has 4 saturated carbocycles. The number of nitrogens with two attached hydrogens (primary N) is 4. The fraction of sp³-hybridized carbons (Fsp3) is 0.194. The number of amides is 2. The van der Waals surface area contributed by atoms with Crippen molar-refractivity contribution in [2.75, 3.05) is 43.0 Å². The lowest BCUT2D eigenvalue weighted by Gasteiger charge is -2.14. The van der Waals surface area contributed by atoms with Crippen molar-refractivity contribution in [1.82, 2.24) is 59.1 Å². The molecule has 8 aromatic heterocycles. The largest absolute Gasteiger partial charge is 0.481 e. The molecule has 620 valence electrons. The Morgan fingerprint density at radius 2 is 0.740 bits per heavy atom. The average Bonchev–Trinajstić information content (AvgIpc) is 1.58. The number of nitrogen functional groups attached to an aromatic ring is 4. The zero-order valence-electron chi connectivity index (χ0n) is 67.7. The molecular weight excluding hydrogens is 1590 g/mol. The summed E-state index contributed by atoms with van der Waals surface area (Å²) in [5.41, 5.74) is 42.6. The maximum Gasteiger partial charge on any atom is 0.315 e. The SMILES string of the molecule is Cn1nc(N)c2c(-c3ccc(NC(=O)Cc4ccccc4)cc3)cc(C3CC3)nc21.Cn1nc(N)c2c(-c3ccc(NC(=O)c4ccccc4)cc3)cc(C3CC3)nc21.Cn1nc(N)c2c(-c3ccc(NS(=O)(=O)Cc4ccccc4)cc3)cc(C3CC3)nc21.Cn1nc(N)c2c(-c3ccc(NS(=O)(=O)c4ccccc4)cc3)cc(C3(C(=O)O)CC3)nc21. The minimum Gasteiger partial charge on any atom is -0.481 e. The highest BCUT2D eigenvalue weighted by molar-refractivity contribution is 7.92. The predicted octanol–water partition coefficient (Wildman–Crippen LogP) is 15.8. The molecule has 16 aromatic rings. The van der Waals surface area contributed by atoms with Crippen LogP contribution in [0, 0.1) is 0 Å². The number of nitrogens with one attached hydrogen (secondary N) is 4. The molecular formula is C93H88N20O8S2. The van der Waals surface area contributed by atoms with E-state index in [9.17, 15) is 36.3 Å². The molecule has 8 heterocycles. The number of benzene rings is 8. The number of aryl methyl sites for hydroxylation is 4. The number of fused-ring (bicyclic) bond motifs is 4. The van der Waals surface area contributed by atoms with Crippen LogP contribution in [-0.2, 0) is 75.4 Å². The number of anilines is 8. The highest BCUT2D eigenvalue weighted by atomic mass is 32.2. The quantitative estimate of drug-likeness (QED) is 0.0323. The smallest absolute Gasteiger partial charge is 0.315 e. The monoisotopic (exact) mass is 1680 g/mol. The van der Waals surface area contributed by atoms with Gasteiger partial charge in [0.1, 0.15) is 5.41 Å². The van der Waals surface area contributed by atoms with Crippen LogP contribution in [0.15, 0.2) is 248 Å². The summed E-state index contributed by atoms with van der Waals surface area (Å²) in [6.45, 7) is 0. The summed E-state index contributed by atoms with van der Waals surface area (Å²) in [6, 6.07) is 74.1. The van der Waals surface area contributed by atoms with Crippen LogP contribution in [0.1, 0.15) is 113 Å². The zero-order chi connectivity index (χ0) is 85.6. The summed E-state index contributed by atoms with van der Waals surface area (Å²) in [5, 5.41) is 36.2. The fourth-order valence-corrected chi connectivity index (χ4v) is 17.6. The molecule has 0 aliphatic heterocycles. The number of rotatable bonds is 21. The van der Waals surface area contributed by atoms with Crippen molar-refractivity contribution in [2.24, 2.45) is 28.2 Å². The summed E-state index contributed by atoms with van der Waals surface area (Å²) in [6.07, 6.45) is 8.40. The number of sulfonamides is 2. The molecule has 0 spiro atoms. The van der Waals surface area contributed by atoms with E-state index in [2.05, 4.69) is 63.7 Å². The first-order valence-electron chi connectivity index (χ1n) is 40.3. The van der Waals surface area contributed by atoms with Gasteiger partial charge >= 0.3 is 5.97 Å². The number of carbonyl (C=O) groups is 3. The minimum atomic E-state index is -3.71. The van der Waals surface area contributed by atoms with Gasteiger partial charge < -0.3 is 38.7 Å². The lowest BCUT2D eigenvalue weighted by atomic mass is 9.96. The number of carbonyl (C=O) groups excluding carboxylic acids is 2. The lowest BCUT2D eigenvalue weighted by Crippen LogP contribution is -2.21. The van der Waals surface area contributed by atoms with Gasteiger partial charge in [0.2, 0.25) is 15.9 Å². The van der Waals surface area contributed by atoms with Gasteiger partial charge in [0.25, 0.3) is 15.9 Å². The number of aromatic nitrogens is 12. The summed E-state index contributed by atoms with van der Waals surface area (Å²) in [5.74, 6) is 2.10. The van der Waals surface area contributed by atoms with Gasteiger partial charge in [-0.3, -0.25) is 23.8 Å². The second kappa shape index (κ2) is 33.2. The van der Waals surface area contributed by atoms with Crippen LogP contribution < -0.4 is 43.0 Å². The molecule has 4 aliphatic rings. The molecule has 2 amide bonds. The van der Waals surface area contributed by atoms with E-state index in [0.29, 0.717) is 93.7 Å². The topological polar surface area (TPSA) is 415 Å². The van der Waals surface area contributed by atoms with Gasteiger partial charge in [0, 0.05) is 91.3 Å². The standard InChI is InChI=1S/C24H23N5O.C23H21N5O4S.C23H23N5O2S.C23H21N5O/c1-29-24-22(23(25)28-29)19(14-20(27-24)17-7-8-17)16-9-11-18(12-10-16)26-21(30)13-15-5-3-2-4-6-15;1-28-21-19(20(24)26-28)17(13-18(25-21)23(11-12-23)22(29)30)14-7-9-15(10-8-14)27-33(31,32)16-5-3-2-4-6-16;1-28-23-21(22(24)26-28)19(13-20(25-23)17-7-8-17)16-9-11-18(12-10-16)27-31(29,30)14-15-5-3-2-4-6-15;1-28-22-20(21(24)27-28)18(13-19(26-22)15-7-8-15)14-9-11-17(12-10-14)25-23(29)16-5-3-2-4-6-16/h2-6,9-12,14,17H,7-8,13H2,1H3,(H2,25,28)(H,26,30);2-10,13,27H,11-12H2,1H3,(H2,24,26)(H,29,30);2-6,9-13,17,27H,7-8,14H2,1H3,(H2,24,26);2-6,9-13,15H,7-8H2,1H3,(H2,24,27)(H,25,29). The summed E-state index contributed by atoms with van der Waals surface area (Å²) in [7, 11) is 0.0743. The second-order valence-electron chi connectivity index (χ2n) is 31.5. The van der Waals surface area contributed by atoms with Crippen molar-refractivity contribution < 1.29 is 36.3 Å². The zero-order valence-corrected chi connectivity index (χ0v) is 69.3. The van der Waals surface area contributed by atoms with Crippen molar-refractivity contribution in [3.05, 3.63) is 282 Å². The van der Waals surface area contributed by atoms with Crippen molar-refractivity contribution in [3.8, 4) is 44.5 Å². The van der Waals surface area contributed by atoms with Crippen LogP contribution >= 0.6 is 0 Å². The second-order valence-corrected chi connectivity index (χ2v) is 34.9. The molecule has 13 N–H and O–H groups in total. The predicted molar refractivity (Wildman–Crippen MR) is 481 cm³/mol. The van der Waals surface area contributed by atoms with E-state index < -0.39 is 31.4 Å². The van der Waals surface area contributed by atoms with Crippen molar-refractivity contribution in [1.29, 1.82) is 0 Å². The molecule has 0 atom stereocenters. The third-order valence-electron chi connectivity index (χ3n) is 22.3. The Morgan fingerprint density at radius 3 is 1.11 bits per heavy atom. The number of carboxylic acids is 1. The van der Waals surface area contributed by atoms with Crippen molar-refractivity contribution in [3.63, 3.8) is 0 Å². The third-order valence-corrected chi connectivity index (χ3v) is 25.0. The van der Waals surface area contributed by atoms with Crippen LogP contribution in [0.4, 0.5) is 46.0 Å². The van der Waals surface area contributed by atoms with E-state index in [-0.39, 0.29) is 28.3 Å². The van der Waals surface area contributed by atoms with E-state index in [1.807, 2.05) is 149 Å². The summed E-state index contributed by atoms with van der Waals surface area (Å²) in [4.78, 5) is 55.7. The highest BCUT2D eigenvalue weighted by Crippen LogP contribution is 2.51. The molecule has 0 saturated heterocycles. The Morgan fingerprint density at radius 1 is 0.407 bits per heavy atom. The van der Waals surface area contributed by atoms with Crippen molar-refractivity contribution >= 4 is 128 Å². The lowest BCUT2D eigenvalue weighted by molar-refractivity contribution is -0.140. The van der Waals surface area contributed by atoms with Crippen LogP contribution in [0.3, 0.4) is 0 Å². The molecule has 0 unspecified atom stereocenters. The first-order valence-corrected chi connectivity index (χ1v) is 43.4. The highest BCUT2D eigenvalue weighted by Gasteiger charge is 2.53. The van der Waals surface area contributed by atoms with E-state index >= 15 is 0 Å². The van der Waals surface area contributed by atoms with Gasteiger partial charge in [-0.15, -0.1) is 0 Å². The first-order chi connectivity index (χ1) is 59.3. The van der Waals surface area contributed by atoms with Gasteiger partial charge in [0.05, 0.1) is 44.3 Å². The molecule has 4 aliphatic carbocycles. The van der Waals surface area contributed by atoms with Crippen LogP contribution in [0.5, 0.6) is 0 Å². The summed E-state index contributed by atoms with van der Waals surface area (Å²) >= 11 is 0. The molecule has 0 bridgehead atoms. The van der Waals surface area contributed by atoms with Gasteiger partial charge in [0.15, 0.2) is 45.9 Å². The number of nitrogens with zero attached hydrogens (tertiary/aromatic N) is 12. The summed E-state index contributed by atoms with van der Waals surface area (Å²) < 4.78 is 62.2. The molecule has 123 heavy (non-hydrogen) atoms. The van der Waals surface area contributed by atoms with Gasteiger partial charge in [-0.1, -0.05) is 146 Å².